The molecule has 0 aliphatic carbocycles. The molecule has 4 amide bonds. The van der Waals surface area contributed by atoms with Gasteiger partial charge < -0.3 is 26.0 Å². The summed E-state index contributed by atoms with van der Waals surface area (Å²) in [6.07, 6.45) is -0.938. The van der Waals surface area contributed by atoms with E-state index in [1.807, 2.05) is 0 Å². The Hall–Kier alpha value is -5.40. The molecule has 0 aromatic heterocycles. The number of ketones is 1. The Morgan fingerprint density at radius 3 is 1.93 bits per heavy atom. The molecule has 1 heterocycles. The number of aliphatic hydroxyl groups is 1. The first kappa shape index (κ1) is 32.5. The molecule has 13 nitrogen and oxygen atoms in total. The molecule has 0 unspecified atom stereocenters. The number of urea groups is 1. The zero-order valence-electron chi connectivity index (χ0n) is 24.5. The molecule has 1 aliphatic heterocycles. The van der Waals surface area contributed by atoms with Crippen LogP contribution >= 0.6 is 0 Å². The van der Waals surface area contributed by atoms with E-state index in [1.54, 1.807) is 36.4 Å². The molecule has 234 valence electrons. The third-order valence-electron chi connectivity index (χ3n) is 7.85. The lowest BCUT2D eigenvalue weighted by Crippen LogP contribution is -2.74. The van der Waals surface area contributed by atoms with Crippen LogP contribution in [0.4, 0.5) is 10.5 Å². The number of carboxylic acids is 2. The van der Waals surface area contributed by atoms with Crippen LogP contribution in [-0.4, -0.2) is 72.4 Å². The summed E-state index contributed by atoms with van der Waals surface area (Å²) in [6, 6.07) is 18.5. The van der Waals surface area contributed by atoms with E-state index in [2.05, 4.69) is 0 Å². The largest absolute Gasteiger partial charge is 0.481 e. The van der Waals surface area contributed by atoms with Crippen molar-refractivity contribution in [1.29, 1.82) is 0 Å². The third kappa shape index (κ3) is 5.54. The highest BCUT2D eigenvalue weighted by molar-refractivity contribution is 6.24. The summed E-state index contributed by atoms with van der Waals surface area (Å²) < 4.78 is 0. The molecule has 3 atom stereocenters. The topological polar surface area (TPSA) is 199 Å². The molecule has 0 bridgehead atoms. The molecule has 1 saturated heterocycles. The lowest BCUT2D eigenvalue weighted by molar-refractivity contribution is -0.162. The summed E-state index contributed by atoms with van der Waals surface area (Å²) in [4.78, 5) is 83.5. The SMILES string of the molecule is CC(=O)[C@](C(=O)O)(N1C(=O)N(Cc2ccccc2)[C@@](C)(c2ccc(CO)cc2)C1=O)N(C(=O)[C@@H](N)CC(=O)O)c1ccccc1. The van der Waals surface area contributed by atoms with E-state index in [-0.39, 0.29) is 29.3 Å². The Kier molecular flexibility index (Phi) is 9.16. The normalized spacial score (nSPS) is 18.3. The number of aliphatic carboxylic acids is 2. The Morgan fingerprint density at radius 1 is 0.889 bits per heavy atom. The first-order valence-corrected chi connectivity index (χ1v) is 13.8. The molecule has 3 aromatic rings. The number of aliphatic hydroxyl groups excluding tert-OH is 1. The van der Waals surface area contributed by atoms with Gasteiger partial charge in [0.1, 0.15) is 5.54 Å². The lowest BCUT2D eigenvalue weighted by atomic mass is 9.88. The number of nitrogens with zero attached hydrogens (tertiary/aromatic N) is 3. The van der Waals surface area contributed by atoms with Gasteiger partial charge in [0.05, 0.1) is 19.1 Å². The zero-order valence-corrected chi connectivity index (χ0v) is 24.5. The van der Waals surface area contributed by atoms with Gasteiger partial charge >= 0.3 is 18.0 Å². The molecule has 1 aliphatic rings. The van der Waals surface area contributed by atoms with Crippen LogP contribution in [0.3, 0.4) is 0 Å². The van der Waals surface area contributed by atoms with Gasteiger partial charge in [-0.15, -0.1) is 0 Å². The van der Waals surface area contributed by atoms with Crippen molar-refractivity contribution >= 4 is 41.3 Å². The Bertz CT molecular complexity index is 1620. The van der Waals surface area contributed by atoms with Crippen molar-refractivity contribution < 1.29 is 44.1 Å². The lowest BCUT2D eigenvalue weighted by Gasteiger charge is -2.43. The summed E-state index contributed by atoms with van der Waals surface area (Å²) in [5.41, 5.74) is 1.78. The molecule has 0 spiro atoms. The maximum absolute atomic E-state index is 14.7. The van der Waals surface area contributed by atoms with Crippen molar-refractivity contribution in [2.24, 2.45) is 5.73 Å². The quantitative estimate of drug-likeness (QED) is 0.173. The van der Waals surface area contributed by atoms with Crippen LogP contribution in [0.15, 0.2) is 84.9 Å². The van der Waals surface area contributed by atoms with Gasteiger partial charge in [0.15, 0.2) is 5.78 Å². The highest BCUT2D eigenvalue weighted by Crippen LogP contribution is 2.44. The molecule has 1 fully saturated rings. The van der Waals surface area contributed by atoms with E-state index in [4.69, 9.17) is 5.73 Å². The first-order chi connectivity index (χ1) is 21.3. The van der Waals surface area contributed by atoms with Gasteiger partial charge in [-0.25, -0.2) is 14.5 Å². The minimum atomic E-state index is -3.32. The number of carboxylic acid groups (broad SMARTS) is 2. The van der Waals surface area contributed by atoms with E-state index < -0.39 is 59.2 Å². The van der Waals surface area contributed by atoms with Crippen LogP contribution in [0.25, 0.3) is 0 Å². The second-order valence-corrected chi connectivity index (χ2v) is 10.7. The highest BCUT2D eigenvalue weighted by atomic mass is 16.4. The molecular weight excluding hydrogens is 584 g/mol. The maximum Gasteiger partial charge on any atom is 0.360 e. The summed E-state index contributed by atoms with van der Waals surface area (Å²) >= 11 is 0. The maximum atomic E-state index is 14.7. The zero-order chi connectivity index (χ0) is 33.1. The summed E-state index contributed by atoms with van der Waals surface area (Å²) in [5, 5.41) is 29.8. The monoisotopic (exact) mass is 616 g/mol. The van der Waals surface area contributed by atoms with Gasteiger partial charge in [-0.05, 0) is 42.7 Å². The van der Waals surface area contributed by atoms with Crippen molar-refractivity contribution in [3.8, 4) is 0 Å². The minimum Gasteiger partial charge on any atom is -0.481 e. The average molecular weight is 617 g/mol. The second kappa shape index (κ2) is 12.7. The number of Topliss-reactive ketones (excluding diaryl/α,β-unsaturated/α-hetero) is 1. The van der Waals surface area contributed by atoms with Crippen molar-refractivity contribution in [2.75, 3.05) is 4.90 Å². The molecule has 4 rings (SSSR count). The molecule has 0 radical (unpaired) electrons. The number of imide groups is 1. The van der Waals surface area contributed by atoms with Gasteiger partial charge in [0.2, 0.25) is 5.91 Å². The fourth-order valence-corrected chi connectivity index (χ4v) is 5.47. The number of para-hydroxylation sites is 1. The fourth-order valence-electron chi connectivity index (χ4n) is 5.47. The van der Waals surface area contributed by atoms with Crippen LogP contribution in [0, 0.1) is 0 Å². The average Bonchev–Trinajstić information content (AvgIpc) is 3.20. The van der Waals surface area contributed by atoms with Crippen LogP contribution in [-0.2, 0) is 42.7 Å². The van der Waals surface area contributed by atoms with Crippen LogP contribution in [0.2, 0.25) is 0 Å². The second-order valence-electron chi connectivity index (χ2n) is 10.7. The predicted octanol–water partition coefficient (Wildman–Crippen LogP) is 2.06. The number of hydrogen-bond donors (Lipinski definition) is 4. The summed E-state index contributed by atoms with van der Waals surface area (Å²) in [7, 11) is 0. The number of nitrogens with two attached hydrogens (primary N) is 1. The standard InChI is InChI=1S/C32H32N4O9/c1-20(38)32(29(43)44,35(24-11-7-4-8-12-24)27(41)25(33)17-26(39)40)36-28(42)31(2,23-15-13-22(19-37)14-16-23)34(30(36)45)18-21-9-5-3-6-10-21/h3-16,25,37H,17-19,33H2,1-2H3,(H,39,40)(H,43,44)/t25-,31-,32+/m0/s1. The van der Waals surface area contributed by atoms with Crippen LogP contribution in [0.5, 0.6) is 0 Å². The van der Waals surface area contributed by atoms with Gasteiger partial charge in [-0.1, -0.05) is 72.8 Å². The number of hydrogen-bond acceptors (Lipinski definition) is 8. The third-order valence-corrected chi connectivity index (χ3v) is 7.85. The smallest absolute Gasteiger partial charge is 0.360 e. The van der Waals surface area contributed by atoms with E-state index in [0.717, 1.165) is 11.8 Å². The van der Waals surface area contributed by atoms with Gasteiger partial charge in [-0.2, -0.15) is 0 Å². The summed E-state index contributed by atoms with van der Waals surface area (Å²) in [6.45, 7) is 1.70. The fraction of sp³-hybridized carbons (Fsp3) is 0.250. The Balaban J connectivity index is 2.02. The molecule has 13 heteroatoms. The summed E-state index contributed by atoms with van der Waals surface area (Å²) in [5.74, 6) is -7.28. The molecule has 45 heavy (non-hydrogen) atoms. The minimum absolute atomic E-state index is 0.203. The van der Waals surface area contributed by atoms with E-state index in [0.29, 0.717) is 16.0 Å². The number of rotatable bonds is 12. The van der Waals surface area contributed by atoms with E-state index in [1.165, 1.54) is 55.5 Å². The number of anilines is 1. The Morgan fingerprint density at radius 2 is 1.44 bits per heavy atom. The van der Waals surface area contributed by atoms with Crippen molar-refractivity contribution in [3.05, 3.63) is 102 Å². The van der Waals surface area contributed by atoms with Crippen molar-refractivity contribution in [2.45, 2.75) is 50.7 Å². The number of benzene rings is 3. The van der Waals surface area contributed by atoms with Gasteiger partial charge in [0.25, 0.3) is 11.6 Å². The highest BCUT2D eigenvalue weighted by Gasteiger charge is 2.69. The van der Waals surface area contributed by atoms with Gasteiger partial charge in [0, 0.05) is 12.2 Å². The van der Waals surface area contributed by atoms with E-state index in [9.17, 15) is 44.1 Å². The van der Waals surface area contributed by atoms with E-state index >= 15 is 0 Å². The van der Waals surface area contributed by atoms with Crippen molar-refractivity contribution in [3.63, 3.8) is 0 Å². The number of amides is 4. The Labute approximate surface area is 258 Å². The molecule has 0 saturated carbocycles. The van der Waals surface area contributed by atoms with Crippen LogP contribution in [0.1, 0.15) is 37.0 Å². The predicted molar refractivity (Wildman–Crippen MR) is 159 cm³/mol. The molecule has 5 N–H and O–H groups in total. The van der Waals surface area contributed by atoms with Crippen LogP contribution < -0.4 is 10.6 Å². The number of carbonyl (C=O) groups is 6. The first-order valence-electron chi connectivity index (χ1n) is 13.8. The molecular formula is C32H32N4O9. The number of carbonyl (C=O) groups excluding carboxylic acids is 4. The molecule has 3 aromatic carbocycles. The van der Waals surface area contributed by atoms with Gasteiger partial charge in [-0.3, -0.25) is 24.1 Å². The van der Waals surface area contributed by atoms with Crippen molar-refractivity contribution in [1.82, 2.24) is 9.80 Å².